The lowest BCUT2D eigenvalue weighted by Crippen LogP contribution is -2.44. The average Bonchev–Trinajstić information content (AvgIpc) is 3.19. The monoisotopic (exact) mass is 437 g/mol. The van der Waals surface area contributed by atoms with Gasteiger partial charge in [-0.15, -0.1) is 23.1 Å². The van der Waals surface area contributed by atoms with Gasteiger partial charge in [0.15, 0.2) is 17.3 Å². The van der Waals surface area contributed by atoms with E-state index in [4.69, 9.17) is 18.9 Å². The van der Waals surface area contributed by atoms with Crippen molar-refractivity contribution in [2.24, 2.45) is 0 Å². The Morgan fingerprint density at radius 1 is 1.24 bits per heavy atom. The summed E-state index contributed by atoms with van der Waals surface area (Å²) in [5.74, 6) is 1.27. The van der Waals surface area contributed by atoms with E-state index in [9.17, 15) is 4.79 Å². The lowest BCUT2D eigenvalue weighted by molar-refractivity contribution is -0.0505. The first kappa shape index (κ1) is 22.0. The molecule has 1 aromatic heterocycles. The molecule has 1 saturated heterocycles. The highest BCUT2D eigenvalue weighted by Gasteiger charge is 2.24. The second-order valence-corrected chi connectivity index (χ2v) is 8.97. The number of nitrogens with zero attached hydrogens (tertiary/aromatic N) is 1. The van der Waals surface area contributed by atoms with Gasteiger partial charge >= 0.3 is 0 Å². The minimum atomic E-state index is -0.0885. The van der Waals surface area contributed by atoms with Crippen molar-refractivity contribution in [3.63, 3.8) is 0 Å². The molecular formula is C21H27NO5S2. The Morgan fingerprint density at radius 2 is 2.07 bits per heavy atom. The normalized spacial score (nSPS) is 17.2. The summed E-state index contributed by atoms with van der Waals surface area (Å²) in [5, 5.41) is 0. The first-order chi connectivity index (χ1) is 14.0. The molecule has 29 heavy (non-hydrogen) atoms. The minimum absolute atomic E-state index is 0.0838. The van der Waals surface area contributed by atoms with E-state index < -0.39 is 0 Å². The quantitative estimate of drug-likeness (QED) is 0.435. The molecule has 2 heterocycles. The third-order valence-electron chi connectivity index (χ3n) is 4.73. The van der Waals surface area contributed by atoms with Crippen LogP contribution in [0.4, 0.5) is 0 Å². The first-order valence-electron chi connectivity index (χ1n) is 9.41. The Bertz CT molecular complexity index is 838. The van der Waals surface area contributed by atoms with Crippen LogP contribution < -0.4 is 14.2 Å². The second kappa shape index (κ2) is 10.3. The molecule has 1 fully saturated rings. The predicted octanol–water partition coefficient (Wildman–Crippen LogP) is 3.97. The maximum atomic E-state index is 12.1. The third-order valence-corrected chi connectivity index (χ3v) is 6.89. The molecule has 1 unspecified atom stereocenters. The fraction of sp³-hybridized carbons (Fsp3) is 0.476. The van der Waals surface area contributed by atoms with Crippen molar-refractivity contribution in [3.8, 4) is 17.2 Å². The van der Waals surface area contributed by atoms with Crippen LogP contribution in [0.15, 0.2) is 28.5 Å². The number of thiophene rings is 1. The second-order valence-electron chi connectivity index (χ2n) is 6.70. The minimum Gasteiger partial charge on any atom is -0.493 e. The zero-order valence-electron chi connectivity index (χ0n) is 17.2. The van der Waals surface area contributed by atoms with Gasteiger partial charge in [0, 0.05) is 24.5 Å². The van der Waals surface area contributed by atoms with Gasteiger partial charge in [-0.1, -0.05) is 0 Å². The predicted molar refractivity (Wildman–Crippen MR) is 116 cm³/mol. The number of ketones is 1. The van der Waals surface area contributed by atoms with E-state index in [1.165, 1.54) is 23.1 Å². The number of morpholine rings is 1. The molecule has 2 aromatic rings. The van der Waals surface area contributed by atoms with Crippen molar-refractivity contribution in [3.05, 3.63) is 34.7 Å². The number of thioether (sulfide) groups is 1. The topological polar surface area (TPSA) is 57.2 Å². The number of carbonyl (C=O) groups is 1. The molecule has 0 bridgehead atoms. The highest BCUT2D eigenvalue weighted by atomic mass is 32.2. The van der Waals surface area contributed by atoms with Crippen molar-refractivity contribution >= 4 is 28.9 Å². The van der Waals surface area contributed by atoms with Gasteiger partial charge < -0.3 is 18.9 Å². The maximum Gasteiger partial charge on any atom is 0.204 e. The number of Topliss-reactive ketones (excluding diaryl/α,β-unsaturated/α-hetero) is 1. The van der Waals surface area contributed by atoms with E-state index >= 15 is 0 Å². The summed E-state index contributed by atoms with van der Waals surface area (Å²) in [7, 11) is 3.10. The molecule has 158 valence electrons. The molecule has 8 heteroatoms. The van der Waals surface area contributed by atoms with E-state index in [2.05, 4.69) is 23.3 Å². The van der Waals surface area contributed by atoms with Crippen LogP contribution >= 0.6 is 23.1 Å². The van der Waals surface area contributed by atoms with Crippen LogP contribution in [0.1, 0.15) is 22.2 Å². The van der Waals surface area contributed by atoms with E-state index in [1.807, 2.05) is 11.3 Å². The molecule has 1 atom stereocenters. The van der Waals surface area contributed by atoms with Crippen molar-refractivity contribution in [1.29, 1.82) is 0 Å². The molecule has 6 nitrogen and oxygen atoms in total. The van der Waals surface area contributed by atoms with Crippen LogP contribution in [0.25, 0.3) is 0 Å². The molecule has 1 aliphatic rings. The van der Waals surface area contributed by atoms with Gasteiger partial charge in [-0.2, -0.15) is 0 Å². The number of benzene rings is 1. The molecule has 0 N–H and O–H groups in total. The van der Waals surface area contributed by atoms with Crippen LogP contribution in [0.2, 0.25) is 0 Å². The van der Waals surface area contributed by atoms with Gasteiger partial charge in [0.25, 0.3) is 0 Å². The van der Waals surface area contributed by atoms with Gasteiger partial charge in [0.2, 0.25) is 5.75 Å². The number of ether oxygens (including phenoxy) is 4. The van der Waals surface area contributed by atoms with Crippen LogP contribution in [0.3, 0.4) is 0 Å². The van der Waals surface area contributed by atoms with E-state index in [0.717, 1.165) is 19.6 Å². The Hall–Kier alpha value is -1.74. The smallest absolute Gasteiger partial charge is 0.204 e. The molecule has 1 aliphatic heterocycles. The first-order valence-corrected chi connectivity index (χ1v) is 11.4. The van der Waals surface area contributed by atoms with Gasteiger partial charge in [0.05, 0.1) is 30.6 Å². The Labute approximate surface area is 180 Å². The third kappa shape index (κ3) is 5.45. The lowest BCUT2D eigenvalue weighted by Gasteiger charge is -2.32. The van der Waals surface area contributed by atoms with Gasteiger partial charge in [0.1, 0.15) is 12.7 Å². The highest BCUT2D eigenvalue weighted by Crippen LogP contribution is 2.40. The zero-order chi connectivity index (χ0) is 20.8. The maximum absolute atomic E-state index is 12.1. The van der Waals surface area contributed by atoms with Gasteiger partial charge in [-0.3, -0.25) is 9.69 Å². The Kier molecular flexibility index (Phi) is 7.83. The van der Waals surface area contributed by atoms with Gasteiger partial charge in [-0.25, -0.2) is 0 Å². The molecule has 0 spiro atoms. The van der Waals surface area contributed by atoms with Gasteiger partial charge in [-0.05, 0) is 37.4 Å². The fourth-order valence-corrected chi connectivity index (χ4v) is 4.93. The Morgan fingerprint density at radius 3 is 2.72 bits per heavy atom. The summed E-state index contributed by atoms with van der Waals surface area (Å²) in [6.07, 6.45) is 2.01. The summed E-state index contributed by atoms with van der Waals surface area (Å²) in [6.45, 7) is 5.08. The molecule has 0 radical (unpaired) electrons. The molecule has 0 amide bonds. The van der Waals surface area contributed by atoms with Crippen LogP contribution in [0.5, 0.6) is 17.2 Å². The number of carbonyl (C=O) groups excluding carboxylic acids is 1. The number of rotatable bonds is 9. The van der Waals surface area contributed by atoms with Crippen molar-refractivity contribution in [2.75, 3.05) is 46.8 Å². The molecule has 0 aliphatic carbocycles. The number of methoxy groups -OCH3 is 2. The zero-order valence-corrected chi connectivity index (χ0v) is 18.9. The highest BCUT2D eigenvalue weighted by molar-refractivity contribution is 8.00. The van der Waals surface area contributed by atoms with Crippen molar-refractivity contribution in [1.82, 2.24) is 4.90 Å². The standard InChI is InChI=1S/C21H27NO5S2/c1-14(23)17-6-7-18(24-2)21(25-3)20(17)27-13-15-11-22(9-10-26-15)12-16-5-8-19(28-4)29-16/h5-8,15H,9-13H2,1-4H3. The van der Waals surface area contributed by atoms with E-state index in [0.29, 0.717) is 36.0 Å². The van der Waals surface area contributed by atoms with Crippen molar-refractivity contribution < 1.29 is 23.7 Å². The van der Waals surface area contributed by atoms with Crippen LogP contribution in [-0.2, 0) is 11.3 Å². The number of hydrogen-bond acceptors (Lipinski definition) is 8. The number of hydrogen-bond donors (Lipinski definition) is 0. The summed E-state index contributed by atoms with van der Waals surface area (Å²) >= 11 is 3.61. The molecule has 1 aromatic carbocycles. The average molecular weight is 438 g/mol. The van der Waals surface area contributed by atoms with E-state index in [-0.39, 0.29) is 11.9 Å². The van der Waals surface area contributed by atoms with Crippen molar-refractivity contribution in [2.45, 2.75) is 23.8 Å². The molecule has 3 rings (SSSR count). The Balaban J connectivity index is 1.66. The lowest BCUT2D eigenvalue weighted by atomic mass is 10.1. The van der Waals surface area contributed by atoms with Crippen LogP contribution in [-0.4, -0.2) is 63.6 Å². The van der Waals surface area contributed by atoms with Crippen LogP contribution in [0, 0.1) is 0 Å². The largest absolute Gasteiger partial charge is 0.493 e. The molecule has 0 saturated carbocycles. The molecular weight excluding hydrogens is 410 g/mol. The summed E-state index contributed by atoms with van der Waals surface area (Å²) in [4.78, 5) is 15.8. The summed E-state index contributed by atoms with van der Waals surface area (Å²) in [5.41, 5.74) is 0.471. The fourth-order valence-electron chi connectivity index (χ4n) is 3.29. The van der Waals surface area contributed by atoms with E-state index in [1.54, 1.807) is 31.0 Å². The summed E-state index contributed by atoms with van der Waals surface area (Å²) < 4.78 is 24.1. The SMILES string of the molecule is COc1ccc(C(C)=O)c(OCC2CN(Cc3ccc(SC)s3)CCO2)c1OC. The summed E-state index contributed by atoms with van der Waals surface area (Å²) in [6, 6.07) is 7.78.